The molecule has 0 saturated carbocycles. The van der Waals surface area contributed by atoms with E-state index in [1.54, 1.807) is 0 Å². The highest BCUT2D eigenvalue weighted by Gasteiger charge is 2.20. The van der Waals surface area contributed by atoms with E-state index >= 15 is 0 Å². The predicted molar refractivity (Wildman–Crippen MR) is 61.8 cm³/mol. The summed E-state index contributed by atoms with van der Waals surface area (Å²) in [6, 6.07) is 2.82. The van der Waals surface area contributed by atoms with Gasteiger partial charge >= 0.3 is 0 Å². The van der Waals surface area contributed by atoms with Gasteiger partial charge in [0.25, 0.3) is 0 Å². The fourth-order valence-corrected chi connectivity index (χ4v) is 1.34. The predicted octanol–water partition coefficient (Wildman–Crippen LogP) is 3.12. The van der Waals surface area contributed by atoms with Gasteiger partial charge in [-0.25, -0.2) is 8.78 Å². The van der Waals surface area contributed by atoms with Crippen LogP contribution in [0.2, 0.25) is 0 Å². The van der Waals surface area contributed by atoms with E-state index in [1.807, 2.05) is 20.8 Å². The molecule has 0 aliphatic rings. The highest BCUT2D eigenvalue weighted by atomic mass is 19.2. The first-order valence-electron chi connectivity index (χ1n) is 5.49. The Kier molecular flexibility index (Phi) is 4.22. The zero-order valence-corrected chi connectivity index (χ0v) is 10.6. The molecule has 0 saturated heterocycles. The molecule has 0 heterocycles. The number of benzene rings is 1. The third-order valence-electron chi connectivity index (χ3n) is 2.34. The molecule has 1 atom stereocenters. The summed E-state index contributed by atoms with van der Waals surface area (Å²) in [5.41, 5.74) is -0.284. The van der Waals surface area contributed by atoms with Crippen LogP contribution in [0.15, 0.2) is 12.1 Å². The molecule has 0 aliphatic heterocycles. The molecule has 0 bridgehead atoms. The number of halogens is 2. The van der Waals surface area contributed by atoms with Crippen LogP contribution in [-0.2, 0) is 4.74 Å². The summed E-state index contributed by atoms with van der Waals surface area (Å²) in [5.74, 6) is -1.92. The van der Waals surface area contributed by atoms with Gasteiger partial charge in [0.05, 0.1) is 12.2 Å². The molecular weight excluding hydrogens is 226 g/mol. The van der Waals surface area contributed by atoms with Crippen molar-refractivity contribution >= 4 is 0 Å². The molecule has 4 heteroatoms. The SMILES string of the molecule is Cc1ccc(C(O)COC(C)(C)C)c(F)c1F. The van der Waals surface area contributed by atoms with Crippen LogP contribution in [0.1, 0.15) is 38.0 Å². The number of rotatable bonds is 3. The van der Waals surface area contributed by atoms with Crippen molar-refractivity contribution in [2.24, 2.45) is 0 Å². The van der Waals surface area contributed by atoms with E-state index in [9.17, 15) is 13.9 Å². The van der Waals surface area contributed by atoms with Gasteiger partial charge in [0, 0.05) is 5.56 Å². The summed E-state index contributed by atoms with van der Waals surface area (Å²) in [4.78, 5) is 0. The average molecular weight is 244 g/mol. The molecule has 2 nitrogen and oxygen atoms in total. The van der Waals surface area contributed by atoms with Crippen molar-refractivity contribution in [3.05, 3.63) is 34.9 Å². The van der Waals surface area contributed by atoms with Crippen LogP contribution < -0.4 is 0 Å². The molecule has 0 amide bonds. The molecule has 0 radical (unpaired) electrons. The van der Waals surface area contributed by atoms with Gasteiger partial charge in [0.15, 0.2) is 11.6 Å². The zero-order chi connectivity index (χ0) is 13.2. The van der Waals surface area contributed by atoms with E-state index in [0.717, 1.165) is 0 Å². The second kappa shape index (κ2) is 5.10. The van der Waals surface area contributed by atoms with E-state index in [2.05, 4.69) is 0 Å². The molecule has 0 spiro atoms. The summed E-state index contributed by atoms with van der Waals surface area (Å²) in [5, 5.41) is 9.75. The molecule has 17 heavy (non-hydrogen) atoms. The highest BCUT2D eigenvalue weighted by molar-refractivity contribution is 5.27. The van der Waals surface area contributed by atoms with Gasteiger partial charge in [-0.2, -0.15) is 0 Å². The zero-order valence-electron chi connectivity index (χ0n) is 10.6. The Morgan fingerprint density at radius 2 is 1.82 bits per heavy atom. The standard InChI is InChI=1S/C13H18F2O2/c1-8-5-6-9(12(15)11(8)14)10(16)7-17-13(2,3)4/h5-6,10,16H,7H2,1-4H3. The first kappa shape index (κ1) is 14.1. The van der Waals surface area contributed by atoms with Gasteiger partial charge < -0.3 is 9.84 Å². The number of aliphatic hydroxyl groups excluding tert-OH is 1. The van der Waals surface area contributed by atoms with Crippen molar-refractivity contribution in [1.29, 1.82) is 0 Å². The van der Waals surface area contributed by atoms with Crippen LogP contribution in [0.3, 0.4) is 0 Å². The van der Waals surface area contributed by atoms with Gasteiger partial charge in [-0.3, -0.25) is 0 Å². The molecular formula is C13H18F2O2. The molecule has 1 aromatic carbocycles. The summed E-state index contributed by atoms with van der Waals surface area (Å²) in [6.45, 7) is 6.88. The number of aryl methyl sites for hydroxylation is 1. The van der Waals surface area contributed by atoms with Gasteiger partial charge in [-0.05, 0) is 33.3 Å². The van der Waals surface area contributed by atoms with Crippen molar-refractivity contribution in [3.63, 3.8) is 0 Å². The average Bonchev–Trinajstić information content (AvgIpc) is 2.22. The summed E-state index contributed by atoms with van der Waals surface area (Å²) >= 11 is 0. The number of hydrogen-bond donors (Lipinski definition) is 1. The Hall–Kier alpha value is -1.00. The van der Waals surface area contributed by atoms with Crippen LogP contribution in [0.4, 0.5) is 8.78 Å². The van der Waals surface area contributed by atoms with Crippen molar-refractivity contribution in [2.75, 3.05) is 6.61 Å². The van der Waals surface area contributed by atoms with Crippen molar-refractivity contribution in [1.82, 2.24) is 0 Å². The maximum Gasteiger partial charge on any atom is 0.164 e. The highest BCUT2D eigenvalue weighted by Crippen LogP contribution is 2.23. The molecule has 0 fully saturated rings. The fraction of sp³-hybridized carbons (Fsp3) is 0.538. The third kappa shape index (κ3) is 3.75. The Balaban J connectivity index is 2.83. The Morgan fingerprint density at radius 3 is 2.35 bits per heavy atom. The molecule has 0 aliphatic carbocycles. The first-order chi connectivity index (χ1) is 7.72. The summed E-state index contributed by atoms with van der Waals surface area (Å²) in [7, 11) is 0. The minimum atomic E-state index is -1.16. The van der Waals surface area contributed by atoms with Gasteiger partial charge in [0.2, 0.25) is 0 Å². The monoisotopic (exact) mass is 244 g/mol. The summed E-state index contributed by atoms with van der Waals surface area (Å²) in [6.07, 6.45) is -1.16. The number of ether oxygens (including phenoxy) is 1. The summed E-state index contributed by atoms with van der Waals surface area (Å²) < 4.78 is 32.2. The Bertz CT molecular complexity index is 397. The Morgan fingerprint density at radius 1 is 1.24 bits per heavy atom. The molecule has 1 unspecified atom stereocenters. The maximum atomic E-state index is 13.5. The maximum absolute atomic E-state index is 13.5. The molecule has 96 valence electrons. The number of hydrogen-bond acceptors (Lipinski definition) is 2. The molecule has 1 aromatic rings. The minimum Gasteiger partial charge on any atom is -0.386 e. The topological polar surface area (TPSA) is 29.5 Å². The molecule has 1 N–H and O–H groups in total. The second-order valence-electron chi connectivity index (χ2n) is 5.04. The third-order valence-corrected chi connectivity index (χ3v) is 2.34. The lowest BCUT2D eigenvalue weighted by Gasteiger charge is -2.22. The fourth-order valence-electron chi connectivity index (χ4n) is 1.34. The normalized spacial score (nSPS) is 13.8. The van der Waals surface area contributed by atoms with E-state index in [4.69, 9.17) is 4.74 Å². The Labute approximate surface area is 100 Å². The lowest BCUT2D eigenvalue weighted by atomic mass is 10.1. The van der Waals surface area contributed by atoms with E-state index in [0.29, 0.717) is 0 Å². The molecule has 1 rings (SSSR count). The quantitative estimate of drug-likeness (QED) is 0.885. The lowest BCUT2D eigenvalue weighted by molar-refractivity contribution is -0.0505. The first-order valence-corrected chi connectivity index (χ1v) is 5.49. The second-order valence-corrected chi connectivity index (χ2v) is 5.04. The smallest absolute Gasteiger partial charge is 0.164 e. The number of aliphatic hydroxyl groups is 1. The van der Waals surface area contributed by atoms with Gasteiger partial charge in [0.1, 0.15) is 6.10 Å². The molecule has 0 aromatic heterocycles. The van der Waals surface area contributed by atoms with Crippen LogP contribution in [0, 0.1) is 18.6 Å². The van der Waals surface area contributed by atoms with Gasteiger partial charge in [-0.15, -0.1) is 0 Å². The van der Waals surface area contributed by atoms with Gasteiger partial charge in [-0.1, -0.05) is 12.1 Å². The van der Waals surface area contributed by atoms with Crippen LogP contribution in [0.5, 0.6) is 0 Å². The van der Waals surface area contributed by atoms with Crippen molar-refractivity contribution in [3.8, 4) is 0 Å². The van der Waals surface area contributed by atoms with E-state index in [1.165, 1.54) is 19.1 Å². The van der Waals surface area contributed by atoms with Crippen LogP contribution in [-0.4, -0.2) is 17.3 Å². The minimum absolute atomic E-state index is 0.0665. The van der Waals surface area contributed by atoms with Crippen molar-refractivity contribution < 1.29 is 18.6 Å². The van der Waals surface area contributed by atoms with Crippen LogP contribution in [0.25, 0.3) is 0 Å². The lowest BCUT2D eigenvalue weighted by Crippen LogP contribution is -2.23. The van der Waals surface area contributed by atoms with E-state index < -0.39 is 23.3 Å². The van der Waals surface area contributed by atoms with E-state index in [-0.39, 0.29) is 17.7 Å². The van der Waals surface area contributed by atoms with Crippen LogP contribution >= 0.6 is 0 Å². The van der Waals surface area contributed by atoms with Crippen molar-refractivity contribution in [2.45, 2.75) is 39.4 Å². The largest absolute Gasteiger partial charge is 0.386 e.